The van der Waals surface area contributed by atoms with Gasteiger partial charge in [-0.2, -0.15) is 4.98 Å². The summed E-state index contributed by atoms with van der Waals surface area (Å²) in [7, 11) is 0. The van der Waals surface area contributed by atoms with Crippen molar-refractivity contribution in [3.8, 4) is 11.4 Å². The van der Waals surface area contributed by atoms with Gasteiger partial charge in [0.25, 0.3) is 11.8 Å². The molecule has 1 aromatic heterocycles. The Hall–Kier alpha value is -3.21. The first-order valence-electron chi connectivity index (χ1n) is 8.10. The van der Waals surface area contributed by atoms with Gasteiger partial charge >= 0.3 is 0 Å². The van der Waals surface area contributed by atoms with E-state index in [9.17, 15) is 4.79 Å². The van der Waals surface area contributed by atoms with Gasteiger partial charge in [-0.05, 0) is 37.6 Å². The third-order valence-corrected chi connectivity index (χ3v) is 3.46. The van der Waals surface area contributed by atoms with E-state index in [1.165, 1.54) is 0 Å². The van der Waals surface area contributed by atoms with Crippen LogP contribution in [0, 0.1) is 0 Å². The van der Waals surface area contributed by atoms with Gasteiger partial charge in [-0.25, -0.2) is 0 Å². The fourth-order valence-electron chi connectivity index (χ4n) is 2.30. The maximum Gasteiger partial charge on any atom is 0.251 e. The van der Waals surface area contributed by atoms with Crippen LogP contribution in [0.15, 0.2) is 59.1 Å². The van der Waals surface area contributed by atoms with Crippen molar-refractivity contribution >= 4 is 18.1 Å². The fraction of sp³-hybridized carbons (Fsp3) is 0.150. The minimum absolute atomic E-state index is 0.0797. The molecule has 2 aromatic carbocycles. The van der Waals surface area contributed by atoms with Gasteiger partial charge in [0.05, 0.1) is 0 Å². The normalized spacial score (nSPS) is 11.2. The molecule has 126 valence electrons. The van der Waals surface area contributed by atoms with Crippen LogP contribution in [-0.2, 0) is 0 Å². The van der Waals surface area contributed by atoms with Gasteiger partial charge in [-0.1, -0.05) is 47.6 Å². The molecule has 0 saturated heterocycles. The Bertz CT molecular complexity index is 883. The van der Waals surface area contributed by atoms with E-state index in [-0.39, 0.29) is 11.9 Å². The topological polar surface area (TPSA) is 68.0 Å². The lowest BCUT2D eigenvalue weighted by Crippen LogP contribution is -2.30. The SMILES string of the molecule is CC(C)NC(=O)c1cccc(-c2noc(/C=C/c3ccccc3)n2)c1. The second kappa shape index (κ2) is 7.57. The van der Waals surface area contributed by atoms with E-state index in [1.54, 1.807) is 24.3 Å². The maximum absolute atomic E-state index is 12.1. The summed E-state index contributed by atoms with van der Waals surface area (Å²) in [5.74, 6) is 0.743. The second-order valence-electron chi connectivity index (χ2n) is 5.91. The number of nitrogens with zero attached hydrogens (tertiary/aromatic N) is 2. The fourth-order valence-corrected chi connectivity index (χ4v) is 2.30. The van der Waals surface area contributed by atoms with E-state index in [2.05, 4.69) is 15.5 Å². The average molecular weight is 333 g/mol. The van der Waals surface area contributed by atoms with Gasteiger partial charge in [0.2, 0.25) is 5.82 Å². The smallest absolute Gasteiger partial charge is 0.251 e. The van der Waals surface area contributed by atoms with E-state index in [0.717, 1.165) is 11.1 Å². The highest BCUT2D eigenvalue weighted by atomic mass is 16.5. The Labute approximate surface area is 146 Å². The van der Waals surface area contributed by atoms with Gasteiger partial charge in [-0.15, -0.1) is 0 Å². The van der Waals surface area contributed by atoms with Crippen molar-refractivity contribution < 1.29 is 9.32 Å². The van der Waals surface area contributed by atoms with Gasteiger partial charge in [0, 0.05) is 23.2 Å². The molecule has 1 amide bonds. The van der Waals surface area contributed by atoms with E-state index in [1.807, 2.05) is 56.3 Å². The highest BCUT2D eigenvalue weighted by Crippen LogP contribution is 2.18. The standard InChI is InChI=1S/C20H19N3O2/c1-14(2)21-20(24)17-10-6-9-16(13-17)19-22-18(25-23-19)12-11-15-7-4-3-5-8-15/h3-14H,1-2H3,(H,21,24)/b12-11+. The van der Waals surface area contributed by atoms with Crippen LogP contribution in [-0.4, -0.2) is 22.1 Å². The lowest BCUT2D eigenvalue weighted by Gasteiger charge is -2.08. The van der Waals surface area contributed by atoms with Crippen LogP contribution in [0.5, 0.6) is 0 Å². The van der Waals surface area contributed by atoms with Gasteiger partial charge < -0.3 is 9.84 Å². The maximum atomic E-state index is 12.1. The molecule has 0 aliphatic carbocycles. The van der Waals surface area contributed by atoms with Crippen molar-refractivity contribution in [2.24, 2.45) is 0 Å². The molecular formula is C20H19N3O2. The zero-order valence-corrected chi connectivity index (χ0v) is 14.1. The van der Waals surface area contributed by atoms with Crippen molar-refractivity contribution in [2.45, 2.75) is 19.9 Å². The summed E-state index contributed by atoms with van der Waals surface area (Å²) in [6.45, 7) is 3.85. The highest BCUT2D eigenvalue weighted by Gasteiger charge is 2.11. The van der Waals surface area contributed by atoms with Crippen LogP contribution in [0.3, 0.4) is 0 Å². The number of amides is 1. The third-order valence-electron chi connectivity index (χ3n) is 3.46. The summed E-state index contributed by atoms with van der Waals surface area (Å²) in [6.07, 6.45) is 3.67. The summed E-state index contributed by atoms with van der Waals surface area (Å²) in [4.78, 5) is 16.5. The summed E-state index contributed by atoms with van der Waals surface area (Å²) in [5.41, 5.74) is 2.35. The Morgan fingerprint density at radius 2 is 1.88 bits per heavy atom. The molecule has 0 spiro atoms. The zero-order chi connectivity index (χ0) is 17.6. The van der Waals surface area contributed by atoms with Crippen molar-refractivity contribution in [1.29, 1.82) is 0 Å². The van der Waals surface area contributed by atoms with Gasteiger partial charge in [0.15, 0.2) is 0 Å². The molecule has 25 heavy (non-hydrogen) atoms. The van der Waals surface area contributed by atoms with Crippen molar-refractivity contribution in [2.75, 3.05) is 0 Å². The lowest BCUT2D eigenvalue weighted by molar-refractivity contribution is 0.0943. The van der Waals surface area contributed by atoms with Crippen LogP contribution >= 0.6 is 0 Å². The molecule has 1 heterocycles. The number of hydrogen-bond donors (Lipinski definition) is 1. The van der Waals surface area contributed by atoms with Crippen molar-refractivity contribution in [3.05, 3.63) is 71.6 Å². The minimum atomic E-state index is -0.121. The predicted molar refractivity (Wildman–Crippen MR) is 97.7 cm³/mol. The molecule has 1 N–H and O–H groups in total. The van der Waals surface area contributed by atoms with Crippen LogP contribution in [0.4, 0.5) is 0 Å². The molecule has 0 bridgehead atoms. The first kappa shape index (κ1) is 16.6. The number of aromatic nitrogens is 2. The molecule has 5 heteroatoms. The van der Waals surface area contributed by atoms with Crippen LogP contribution in [0.25, 0.3) is 23.5 Å². The number of carbonyl (C=O) groups is 1. The molecule has 5 nitrogen and oxygen atoms in total. The quantitative estimate of drug-likeness (QED) is 0.765. The molecule has 0 radical (unpaired) electrons. The Balaban J connectivity index is 1.78. The molecular weight excluding hydrogens is 314 g/mol. The van der Waals surface area contributed by atoms with Crippen LogP contribution in [0.2, 0.25) is 0 Å². The third kappa shape index (κ3) is 4.41. The number of rotatable bonds is 5. The number of nitrogens with one attached hydrogen (secondary N) is 1. The predicted octanol–water partition coefficient (Wildman–Crippen LogP) is 4.05. The molecule has 0 fully saturated rings. The van der Waals surface area contributed by atoms with E-state index < -0.39 is 0 Å². The monoisotopic (exact) mass is 333 g/mol. The van der Waals surface area contributed by atoms with Crippen molar-refractivity contribution in [1.82, 2.24) is 15.5 Å². The zero-order valence-electron chi connectivity index (χ0n) is 14.1. The second-order valence-corrected chi connectivity index (χ2v) is 5.91. The van der Waals surface area contributed by atoms with E-state index in [0.29, 0.717) is 17.3 Å². The molecule has 0 saturated carbocycles. The Morgan fingerprint density at radius 3 is 2.64 bits per heavy atom. The summed E-state index contributed by atoms with van der Waals surface area (Å²) >= 11 is 0. The molecule has 0 aliphatic rings. The summed E-state index contributed by atoms with van der Waals surface area (Å²) < 4.78 is 5.26. The lowest BCUT2D eigenvalue weighted by atomic mass is 10.1. The van der Waals surface area contributed by atoms with Crippen LogP contribution < -0.4 is 5.32 Å². The number of benzene rings is 2. The van der Waals surface area contributed by atoms with E-state index >= 15 is 0 Å². The molecule has 0 atom stereocenters. The summed E-state index contributed by atoms with van der Waals surface area (Å²) in [6, 6.07) is 17.1. The molecule has 0 unspecified atom stereocenters. The Kier molecular flexibility index (Phi) is 5.04. The largest absolute Gasteiger partial charge is 0.350 e. The van der Waals surface area contributed by atoms with Gasteiger partial charge in [0.1, 0.15) is 0 Å². The van der Waals surface area contributed by atoms with Crippen LogP contribution in [0.1, 0.15) is 35.7 Å². The van der Waals surface area contributed by atoms with Gasteiger partial charge in [-0.3, -0.25) is 4.79 Å². The molecule has 0 aliphatic heterocycles. The summed E-state index contributed by atoms with van der Waals surface area (Å²) in [5, 5.41) is 6.86. The van der Waals surface area contributed by atoms with E-state index in [4.69, 9.17) is 4.52 Å². The molecule has 3 rings (SSSR count). The minimum Gasteiger partial charge on any atom is -0.350 e. The first-order chi connectivity index (χ1) is 12.1. The van der Waals surface area contributed by atoms with Crippen molar-refractivity contribution in [3.63, 3.8) is 0 Å². The highest BCUT2D eigenvalue weighted by molar-refractivity contribution is 5.95. The first-order valence-corrected chi connectivity index (χ1v) is 8.10. The number of hydrogen-bond acceptors (Lipinski definition) is 4. The average Bonchev–Trinajstić information content (AvgIpc) is 3.09. The number of carbonyl (C=O) groups excluding carboxylic acids is 1. The molecule has 3 aromatic rings. The Morgan fingerprint density at radius 1 is 1.08 bits per heavy atom.